The van der Waals surface area contributed by atoms with Gasteiger partial charge in [0.05, 0.1) is 19.6 Å². The molecule has 0 aliphatic rings. The SMILES string of the molecule is COc1cc(C(C)NC(C)CC#N)sn1. The van der Waals surface area contributed by atoms with Crippen molar-refractivity contribution < 1.29 is 4.74 Å². The summed E-state index contributed by atoms with van der Waals surface area (Å²) in [6, 6.07) is 4.46. The molecule has 0 bridgehead atoms. The fraction of sp³-hybridized carbons (Fsp3) is 0.600. The number of methoxy groups -OCH3 is 1. The first-order chi connectivity index (χ1) is 7.17. The number of rotatable bonds is 5. The second-order valence-corrected chi connectivity index (χ2v) is 4.26. The van der Waals surface area contributed by atoms with Crippen molar-refractivity contribution in [3.05, 3.63) is 10.9 Å². The van der Waals surface area contributed by atoms with Crippen LogP contribution in [0.15, 0.2) is 6.07 Å². The van der Waals surface area contributed by atoms with Gasteiger partial charge < -0.3 is 10.1 Å². The van der Waals surface area contributed by atoms with Crippen LogP contribution in [0.25, 0.3) is 0 Å². The minimum absolute atomic E-state index is 0.193. The van der Waals surface area contributed by atoms with Crippen LogP contribution in [-0.2, 0) is 0 Å². The van der Waals surface area contributed by atoms with Gasteiger partial charge in [-0.15, -0.1) is 0 Å². The van der Waals surface area contributed by atoms with E-state index in [9.17, 15) is 0 Å². The molecule has 2 atom stereocenters. The summed E-state index contributed by atoms with van der Waals surface area (Å²) >= 11 is 1.42. The summed E-state index contributed by atoms with van der Waals surface area (Å²) in [4.78, 5) is 1.12. The molecule has 0 amide bonds. The number of aromatic nitrogens is 1. The predicted molar refractivity (Wildman–Crippen MR) is 59.9 cm³/mol. The van der Waals surface area contributed by atoms with Crippen molar-refractivity contribution in [3.8, 4) is 11.9 Å². The zero-order chi connectivity index (χ0) is 11.3. The lowest BCUT2D eigenvalue weighted by molar-refractivity contribution is 0.401. The number of hydrogen-bond acceptors (Lipinski definition) is 5. The number of nitrogens with zero attached hydrogens (tertiary/aromatic N) is 2. The predicted octanol–water partition coefficient (Wildman–Crippen LogP) is 2.10. The number of hydrogen-bond donors (Lipinski definition) is 1. The van der Waals surface area contributed by atoms with Gasteiger partial charge in [-0.3, -0.25) is 0 Å². The first kappa shape index (κ1) is 12.0. The molecular formula is C10H15N3OS. The van der Waals surface area contributed by atoms with Crippen LogP contribution < -0.4 is 10.1 Å². The van der Waals surface area contributed by atoms with E-state index in [-0.39, 0.29) is 12.1 Å². The third-order valence-corrected chi connectivity index (χ3v) is 3.03. The maximum absolute atomic E-state index is 8.54. The molecule has 1 rings (SSSR count). The van der Waals surface area contributed by atoms with E-state index >= 15 is 0 Å². The van der Waals surface area contributed by atoms with Gasteiger partial charge in [-0.05, 0) is 25.4 Å². The van der Waals surface area contributed by atoms with Crippen LogP contribution in [0, 0.1) is 11.3 Å². The first-order valence-corrected chi connectivity index (χ1v) is 5.58. The van der Waals surface area contributed by atoms with E-state index in [1.54, 1.807) is 7.11 Å². The zero-order valence-electron chi connectivity index (χ0n) is 9.15. The maximum Gasteiger partial charge on any atom is 0.225 e. The molecule has 15 heavy (non-hydrogen) atoms. The fourth-order valence-electron chi connectivity index (χ4n) is 1.28. The Morgan fingerprint density at radius 3 is 2.93 bits per heavy atom. The zero-order valence-corrected chi connectivity index (χ0v) is 9.97. The summed E-state index contributed by atoms with van der Waals surface area (Å²) in [5, 5.41) is 11.9. The van der Waals surface area contributed by atoms with Gasteiger partial charge in [0, 0.05) is 23.0 Å². The summed E-state index contributed by atoms with van der Waals surface area (Å²) < 4.78 is 9.14. The summed E-state index contributed by atoms with van der Waals surface area (Å²) in [5.74, 6) is 0.650. The Hall–Kier alpha value is -1.12. The van der Waals surface area contributed by atoms with Crippen molar-refractivity contribution in [3.63, 3.8) is 0 Å². The third kappa shape index (κ3) is 3.50. The summed E-state index contributed by atoms with van der Waals surface area (Å²) in [6.45, 7) is 4.05. The molecule has 0 saturated heterocycles. The van der Waals surface area contributed by atoms with Gasteiger partial charge in [0.25, 0.3) is 0 Å². The van der Waals surface area contributed by atoms with Crippen LogP contribution in [0.4, 0.5) is 0 Å². The fourth-order valence-corrected chi connectivity index (χ4v) is 1.98. The molecule has 0 saturated carbocycles. The number of ether oxygens (including phenoxy) is 1. The summed E-state index contributed by atoms with van der Waals surface area (Å²) in [5.41, 5.74) is 0. The standard InChI is InChI=1S/C10H15N3OS/c1-7(4-5-11)12-8(2)9-6-10(14-3)13-15-9/h6-8,12H,4H2,1-3H3. The van der Waals surface area contributed by atoms with Crippen LogP contribution in [0.5, 0.6) is 5.88 Å². The van der Waals surface area contributed by atoms with E-state index in [4.69, 9.17) is 10.00 Å². The molecule has 0 spiro atoms. The van der Waals surface area contributed by atoms with E-state index in [2.05, 4.69) is 22.7 Å². The van der Waals surface area contributed by atoms with Crippen LogP contribution in [0.3, 0.4) is 0 Å². The van der Waals surface area contributed by atoms with Gasteiger partial charge in [-0.2, -0.15) is 9.64 Å². The van der Waals surface area contributed by atoms with Gasteiger partial charge in [0.2, 0.25) is 5.88 Å². The Bertz CT molecular complexity index is 345. The summed E-state index contributed by atoms with van der Waals surface area (Å²) in [7, 11) is 1.61. The quantitative estimate of drug-likeness (QED) is 0.833. The van der Waals surface area contributed by atoms with Crippen molar-refractivity contribution in [2.24, 2.45) is 0 Å². The van der Waals surface area contributed by atoms with Gasteiger partial charge in [0.15, 0.2) is 0 Å². The molecule has 2 unspecified atom stereocenters. The van der Waals surface area contributed by atoms with Crippen molar-refractivity contribution in [1.82, 2.24) is 9.69 Å². The van der Waals surface area contributed by atoms with Gasteiger partial charge in [0.1, 0.15) is 0 Å². The van der Waals surface area contributed by atoms with Crippen LogP contribution >= 0.6 is 11.5 Å². The van der Waals surface area contributed by atoms with E-state index in [1.807, 2.05) is 13.0 Å². The molecule has 1 aromatic heterocycles. The topological polar surface area (TPSA) is 57.9 Å². The molecule has 82 valence electrons. The monoisotopic (exact) mass is 225 g/mol. The number of nitrogens with one attached hydrogen (secondary N) is 1. The van der Waals surface area contributed by atoms with Gasteiger partial charge in [-0.1, -0.05) is 0 Å². The van der Waals surface area contributed by atoms with Crippen LogP contribution in [-0.4, -0.2) is 17.5 Å². The molecule has 0 aromatic carbocycles. The lowest BCUT2D eigenvalue weighted by Crippen LogP contribution is -2.27. The minimum Gasteiger partial charge on any atom is -0.480 e. The second-order valence-electron chi connectivity index (χ2n) is 3.42. The van der Waals surface area contributed by atoms with Crippen molar-refractivity contribution in [2.45, 2.75) is 32.4 Å². The largest absolute Gasteiger partial charge is 0.480 e. The molecule has 0 radical (unpaired) electrons. The van der Waals surface area contributed by atoms with E-state index in [1.165, 1.54) is 11.5 Å². The molecule has 5 heteroatoms. The average molecular weight is 225 g/mol. The summed E-state index contributed by atoms with van der Waals surface area (Å²) in [6.07, 6.45) is 0.514. The maximum atomic E-state index is 8.54. The molecule has 0 aliphatic heterocycles. The lowest BCUT2D eigenvalue weighted by Gasteiger charge is -2.15. The molecule has 0 fully saturated rings. The average Bonchev–Trinajstić information content (AvgIpc) is 2.66. The van der Waals surface area contributed by atoms with E-state index in [0.717, 1.165) is 4.88 Å². The lowest BCUT2D eigenvalue weighted by atomic mass is 10.2. The Balaban J connectivity index is 2.53. The highest BCUT2D eigenvalue weighted by Crippen LogP contribution is 2.23. The van der Waals surface area contributed by atoms with Crippen LogP contribution in [0.1, 0.15) is 31.2 Å². The van der Waals surface area contributed by atoms with Crippen molar-refractivity contribution in [1.29, 1.82) is 5.26 Å². The smallest absolute Gasteiger partial charge is 0.225 e. The minimum atomic E-state index is 0.193. The van der Waals surface area contributed by atoms with Gasteiger partial charge >= 0.3 is 0 Å². The molecule has 4 nitrogen and oxygen atoms in total. The molecule has 1 N–H and O–H groups in total. The first-order valence-electron chi connectivity index (χ1n) is 4.81. The molecule has 1 heterocycles. The van der Waals surface area contributed by atoms with Gasteiger partial charge in [-0.25, -0.2) is 0 Å². The normalized spacial score (nSPS) is 14.3. The van der Waals surface area contributed by atoms with Crippen LogP contribution in [0.2, 0.25) is 0 Å². The van der Waals surface area contributed by atoms with Crippen molar-refractivity contribution >= 4 is 11.5 Å². The molecule has 1 aromatic rings. The highest BCUT2D eigenvalue weighted by Gasteiger charge is 2.12. The Labute approximate surface area is 94.0 Å². The molecule has 0 aliphatic carbocycles. The Morgan fingerprint density at radius 1 is 1.67 bits per heavy atom. The third-order valence-electron chi connectivity index (χ3n) is 2.07. The second kappa shape index (κ2) is 5.69. The van der Waals surface area contributed by atoms with Crippen molar-refractivity contribution in [2.75, 3.05) is 7.11 Å². The van der Waals surface area contributed by atoms with E-state index in [0.29, 0.717) is 12.3 Å². The number of nitriles is 1. The molecular weight excluding hydrogens is 210 g/mol. The Morgan fingerprint density at radius 2 is 2.40 bits per heavy atom. The highest BCUT2D eigenvalue weighted by atomic mass is 32.1. The highest BCUT2D eigenvalue weighted by molar-refractivity contribution is 7.06. The van der Waals surface area contributed by atoms with E-state index < -0.39 is 0 Å². The Kier molecular flexibility index (Phi) is 4.53.